The minimum atomic E-state index is -1.64. The van der Waals surface area contributed by atoms with Gasteiger partial charge in [0, 0.05) is 0 Å². The molecule has 0 bridgehead atoms. The van der Waals surface area contributed by atoms with E-state index in [-0.39, 0.29) is 6.29 Å². The second-order valence-corrected chi connectivity index (χ2v) is 3.86. The lowest BCUT2D eigenvalue weighted by atomic mass is 10.1. The van der Waals surface area contributed by atoms with Crippen LogP contribution in [0.4, 0.5) is 0 Å². The Hall–Kier alpha value is -0.690. The lowest BCUT2D eigenvalue weighted by Gasteiger charge is -2.19. The highest BCUT2D eigenvalue weighted by Crippen LogP contribution is 1.98. The van der Waals surface area contributed by atoms with Crippen molar-refractivity contribution in [2.45, 2.75) is 36.6 Å². The van der Waals surface area contributed by atoms with Crippen molar-refractivity contribution >= 4 is 6.29 Å². The zero-order valence-corrected chi connectivity index (χ0v) is 10.6. The summed E-state index contributed by atoms with van der Waals surface area (Å²) >= 11 is 0. The van der Waals surface area contributed by atoms with Crippen LogP contribution in [0.3, 0.4) is 0 Å². The molecule has 0 aliphatic rings. The third-order valence-electron chi connectivity index (χ3n) is 2.23. The van der Waals surface area contributed by atoms with Crippen LogP contribution >= 0.6 is 0 Å². The van der Waals surface area contributed by atoms with Gasteiger partial charge in [-0.2, -0.15) is 0 Å². The van der Waals surface area contributed by atoms with Gasteiger partial charge in [0.05, 0.1) is 19.8 Å². The Balaban J connectivity index is 0. The first-order chi connectivity index (χ1) is 9.26. The summed E-state index contributed by atoms with van der Waals surface area (Å²) < 4.78 is 0. The molecule has 0 aliphatic heterocycles. The van der Waals surface area contributed by atoms with Gasteiger partial charge in [-0.3, -0.25) is 0 Å². The number of aldehydes is 1. The van der Waals surface area contributed by atoms with E-state index in [0.717, 1.165) is 0 Å². The van der Waals surface area contributed by atoms with Gasteiger partial charge in [-0.25, -0.2) is 0 Å². The van der Waals surface area contributed by atoms with Crippen molar-refractivity contribution in [3.8, 4) is 0 Å². The molecule has 0 saturated carbocycles. The predicted octanol–water partition coefficient (Wildman–Crippen LogP) is -5.69. The first-order valence-electron chi connectivity index (χ1n) is 5.62. The number of aliphatic hydroxyl groups excluding tert-OH is 9. The molecular weight excluding hydrogens is 280 g/mol. The van der Waals surface area contributed by atoms with E-state index >= 15 is 0 Å². The van der Waals surface area contributed by atoms with E-state index < -0.39 is 56.4 Å². The second kappa shape index (κ2) is 12.1. The topological polar surface area (TPSA) is 199 Å². The largest absolute Gasteiger partial charge is 0.394 e. The van der Waals surface area contributed by atoms with Crippen molar-refractivity contribution in [2.24, 2.45) is 0 Å². The minimum Gasteiger partial charge on any atom is -0.394 e. The molecule has 0 aliphatic carbocycles. The molecule has 0 fully saturated rings. The molecule has 0 spiro atoms. The fourth-order valence-electron chi connectivity index (χ4n) is 0.889. The maximum atomic E-state index is 9.76. The van der Waals surface area contributed by atoms with Crippen LogP contribution in [0.2, 0.25) is 0 Å². The minimum absolute atomic E-state index is 0.0869. The Morgan fingerprint density at radius 3 is 1.20 bits per heavy atom. The third-order valence-corrected chi connectivity index (χ3v) is 2.23. The van der Waals surface area contributed by atoms with E-state index in [9.17, 15) is 4.79 Å². The molecular formula is C10H22O10. The maximum Gasteiger partial charge on any atom is 0.151 e. The van der Waals surface area contributed by atoms with Crippen LogP contribution in [0, 0.1) is 0 Å². The Morgan fingerprint density at radius 1 is 0.650 bits per heavy atom. The number of hydrogen-bond acceptors (Lipinski definition) is 10. The summed E-state index contributed by atoms with van der Waals surface area (Å²) in [4.78, 5) is 9.76. The van der Waals surface area contributed by atoms with E-state index in [4.69, 9.17) is 46.0 Å². The van der Waals surface area contributed by atoms with Gasteiger partial charge in [0.25, 0.3) is 0 Å². The van der Waals surface area contributed by atoms with Crippen LogP contribution in [0.25, 0.3) is 0 Å². The number of carbonyl (C=O) groups is 1. The Labute approximate surface area is 114 Å². The summed E-state index contributed by atoms with van der Waals surface area (Å²) in [6, 6.07) is 0. The second-order valence-electron chi connectivity index (χ2n) is 3.86. The molecule has 20 heavy (non-hydrogen) atoms. The molecule has 0 heterocycles. The Kier molecular flexibility index (Phi) is 13.1. The van der Waals surface area contributed by atoms with Crippen LogP contribution in [0.5, 0.6) is 0 Å². The summed E-state index contributed by atoms with van der Waals surface area (Å²) in [6.07, 6.45) is -8.92. The molecule has 0 aromatic carbocycles. The molecule has 122 valence electrons. The first-order valence-corrected chi connectivity index (χ1v) is 5.62. The van der Waals surface area contributed by atoms with Crippen molar-refractivity contribution in [3.63, 3.8) is 0 Å². The van der Waals surface area contributed by atoms with E-state index in [1.807, 2.05) is 0 Å². The van der Waals surface area contributed by atoms with Gasteiger partial charge in [0.1, 0.15) is 36.6 Å². The summed E-state index contributed by atoms with van der Waals surface area (Å²) in [7, 11) is 0. The molecule has 9 N–H and O–H groups in total. The summed E-state index contributed by atoms with van der Waals surface area (Å²) in [6.45, 7) is -1.97. The van der Waals surface area contributed by atoms with Gasteiger partial charge in [-0.1, -0.05) is 0 Å². The monoisotopic (exact) mass is 302 g/mol. The zero-order chi connectivity index (χ0) is 16.3. The van der Waals surface area contributed by atoms with Crippen LogP contribution in [-0.2, 0) is 4.79 Å². The van der Waals surface area contributed by atoms with E-state index in [1.54, 1.807) is 0 Å². The molecule has 6 atom stereocenters. The highest BCUT2D eigenvalue weighted by molar-refractivity contribution is 5.56. The molecule has 0 rings (SSSR count). The maximum absolute atomic E-state index is 9.76. The number of carbonyl (C=O) groups excluding carboxylic acids is 1. The van der Waals surface area contributed by atoms with Crippen LogP contribution in [0.1, 0.15) is 0 Å². The highest BCUT2D eigenvalue weighted by Gasteiger charge is 2.23. The lowest BCUT2D eigenvalue weighted by molar-refractivity contribution is -0.127. The molecule has 0 radical (unpaired) electrons. The molecule has 0 saturated heterocycles. The van der Waals surface area contributed by atoms with Gasteiger partial charge in [-0.05, 0) is 0 Å². The molecule has 0 amide bonds. The zero-order valence-electron chi connectivity index (χ0n) is 10.6. The summed E-state index contributed by atoms with van der Waals surface area (Å²) in [5.74, 6) is 0. The van der Waals surface area contributed by atoms with E-state index in [2.05, 4.69) is 0 Å². The first kappa shape index (κ1) is 21.6. The molecule has 10 nitrogen and oxygen atoms in total. The van der Waals surface area contributed by atoms with Crippen molar-refractivity contribution in [1.82, 2.24) is 0 Å². The SMILES string of the molecule is O=C[C@H](O)[C@@H](O)[C@H](O)CO.OC[C@@H](O)[C@H](O)[C@@H](O)CO. The van der Waals surface area contributed by atoms with Gasteiger partial charge < -0.3 is 50.8 Å². The molecule has 0 aromatic rings. The average Bonchev–Trinajstić information content (AvgIpc) is 2.50. The van der Waals surface area contributed by atoms with Crippen molar-refractivity contribution in [3.05, 3.63) is 0 Å². The predicted molar refractivity (Wildman–Crippen MR) is 63.4 cm³/mol. The quantitative estimate of drug-likeness (QED) is 0.195. The summed E-state index contributed by atoms with van der Waals surface area (Å²) in [5.41, 5.74) is 0. The average molecular weight is 302 g/mol. The normalized spacial score (nSPS) is 19.9. The smallest absolute Gasteiger partial charge is 0.151 e. The highest BCUT2D eigenvalue weighted by atomic mass is 16.4. The van der Waals surface area contributed by atoms with Crippen molar-refractivity contribution in [2.75, 3.05) is 19.8 Å². The number of rotatable bonds is 8. The van der Waals surface area contributed by atoms with Crippen molar-refractivity contribution < 1.29 is 50.8 Å². The van der Waals surface area contributed by atoms with Gasteiger partial charge in [0.2, 0.25) is 0 Å². The molecule has 0 aromatic heterocycles. The number of aliphatic hydroxyl groups is 9. The third kappa shape index (κ3) is 8.47. The van der Waals surface area contributed by atoms with Crippen molar-refractivity contribution in [1.29, 1.82) is 0 Å². The van der Waals surface area contributed by atoms with E-state index in [0.29, 0.717) is 0 Å². The molecule has 10 heteroatoms. The van der Waals surface area contributed by atoms with E-state index in [1.165, 1.54) is 0 Å². The number of hydrogen-bond donors (Lipinski definition) is 9. The van der Waals surface area contributed by atoms with Gasteiger partial charge >= 0.3 is 0 Å². The Bertz CT molecular complexity index is 228. The standard InChI is InChI=1S/C5H12O5.C5H10O5/c2*6-1-3(8)5(10)4(9)2-7/h3-10H,1-2H2;1,3-5,7-10H,2H2/t2*3-,4+,5+/m.0/s1. The fourth-order valence-corrected chi connectivity index (χ4v) is 0.889. The van der Waals surface area contributed by atoms with Gasteiger partial charge in [-0.15, -0.1) is 0 Å². The van der Waals surface area contributed by atoms with Crippen LogP contribution in [-0.4, -0.2) is 109 Å². The molecule has 0 unspecified atom stereocenters. The van der Waals surface area contributed by atoms with Gasteiger partial charge in [0.15, 0.2) is 6.29 Å². The lowest BCUT2D eigenvalue weighted by Crippen LogP contribution is -2.41. The summed E-state index contributed by atoms with van der Waals surface area (Å²) in [5, 5.41) is 76.6. The Morgan fingerprint density at radius 2 is 0.950 bits per heavy atom. The van der Waals surface area contributed by atoms with Crippen LogP contribution in [0.15, 0.2) is 0 Å². The fraction of sp³-hybridized carbons (Fsp3) is 0.900. The van der Waals surface area contributed by atoms with Crippen LogP contribution < -0.4 is 0 Å².